The number of aromatic carboxylic acids is 1. The first-order valence-corrected chi connectivity index (χ1v) is 13.8. The Hall–Kier alpha value is -4.81. The second-order valence-corrected chi connectivity index (χ2v) is 9.80. The fourth-order valence-electron chi connectivity index (χ4n) is 4.91. The highest BCUT2D eigenvalue weighted by molar-refractivity contribution is 5.98. The van der Waals surface area contributed by atoms with Crippen molar-refractivity contribution in [1.82, 2.24) is 24.8 Å². The van der Waals surface area contributed by atoms with Crippen molar-refractivity contribution in [3.8, 4) is 11.3 Å². The van der Waals surface area contributed by atoms with E-state index in [-0.39, 0.29) is 22.8 Å². The number of carboxylic acid groups (broad SMARTS) is 1. The van der Waals surface area contributed by atoms with Crippen LogP contribution in [0.4, 0.5) is 16.3 Å². The van der Waals surface area contributed by atoms with Crippen LogP contribution < -0.4 is 21.4 Å². The summed E-state index contributed by atoms with van der Waals surface area (Å²) in [5.41, 5.74) is 2.41. The maximum absolute atomic E-state index is 13.3. The Morgan fingerprint density at radius 3 is 2.55 bits per heavy atom. The molecule has 5 rings (SSSR count). The smallest absolute Gasteiger partial charge is 0.343 e. The van der Waals surface area contributed by atoms with E-state index in [2.05, 4.69) is 25.8 Å². The van der Waals surface area contributed by atoms with Gasteiger partial charge in [-0.15, -0.1) is 0 Å². The molecule has 1 saturated heterocycles. The largest absolute Gasteiger partial charge is 0.477 e. The van der Waals surface area contributed by atoms with Gasteiger partial charge >= 0.3 is 12.0 Å². The van der Waals surface area contributed by atoms with E-state index in [1.165, 1.54) is 0 Å². The van der Waals surface area contributed by atoms with Gasteiger partial charge in [-0.3, -0.25) is 14.7 Å². The Morgan fingerprint density at radius 2 is 1.86 bits per heavy atom. The fourth-order valence-corrected chi connectivity index (χ4v) is 4.91. The van der Waals surface area contributed by atoms with Crippen LogP contribution in [0.15, 0.2) is 65.7 Å². The molecule has 0 saturated carbocycles. The third-order valence-corrected chi connectivity index (χ3v) is 7.08. The summed E-state index contributed by atoms with van der Waals surface area (Å²) in [6.07, 6.45) is 3.37. The van der Waals surface area contributed by atoms with Crippen LogP contribution in [0.25, 0.3) is 22.3 Å². The van der Waals surface area contributed by atoms with Crippen molar-refractivity contribution < 1.29 is 19.4 Å². The van der Waals surface area contributed by atoms with Gasteiger partial charge in [0, 0.05) is 62.9 Å². The van der Waals surface area contributed by atoms with E-state index in [0.29, 0.717) is 56.4 Å². The number of ether oxygens (including phenoxy) is 1. The zero-order valence-corrected chi connectivity index (χ0v) is 23.3. The zero-order chi connectivity index (χ0) is 29.5. The highest BCUT2D eigenvalue weighted by Crippen LogP contribution is 2.25. The van der Waals surface area contributed by atoms with E-state index in [1.54, 1.807) is 41.2 Å². The lowest BCUT2D eigenvalue weighted by atomic mass is 10.1. The average Bonchev–Trinajstić information content (AvgIpc) is 3.01. The van der Waals surface area contributed by atoms with E-state index in [0.717, 1.165) is 24.2 Å². The lowest BCUT2D eigenvalue weighted by molar-refractivity contribution is 0.0398. The molecule has 0 bridgehead atoms. The lowest BCUT2D eigenvalue weighted by Crippen LogP contribution is -2.39. The molecule has 1 aliphatic heterocycles. The number of carbonyl (C=O) groups is 2. The summed E-state index contributed by atoms with van der Waals surface area (Å²) in [6.45, 7) is 6.75. The molecule has 1 aromatic carbocycles. The number of amides is 2. The standard InChI is InChI=1S/C30H33N7O5/c1-2-37-27-23(26(38)25(29(39)40)28(37)32-12-13-36-14-16-42-17-15-36)9-10-24(35-27)21-5-7-22(8-6-21)34-30(41)33-19-20-4-3-11-31-18-20/h3-11,18,32H,2,12-17,19H2,1H3,(H,39,40)(H2,33,34,41). The minimum Gasteiger partial charge on any atom is -0.477 e. The van der Waals surface area contributed by atoms with Gasteiger partial charge in [0.05, 0.1) is 24.3 Å². The molecule has 2 amide bonds. The van der Waals surface area contributed by atoms with E-state index >= 15 is 0 Å². The molecule has 4 aromatic rings. The van der Waals surface area contributed by atoms with Crippen LogP contribution in [0.3, 0.4) is 0 Å². The molecule has 12 nitrogen and oxygen atoms in total. The Morgan fingerprint density at radius 1 is 1.07 bits per heavy atom. The molecule has 42 heavy (non-hydrogen) atoms. The van der Waals surface area contributed by atoms with Crippen LogP contribution in [0, 0.1) is 0 Å². The Balaban J connectivity index is 1.36. The van der Waals surface area contributed by atoms with Gasteiger partial charge in [0.25, 0.3) is 0 Å². The fraction of sp³-hybridized carbons (Fsp3) is 0.300. The summed E-state index contributed by atoms with van der Waals surface area (Å²) < 4.78 is 7.14. The maximum atomic E-state index is 13.3. The van der Waals surface area contributed by atoms with Gasteiger partial charge in [-0.1, -0.05) is 18.2 Å². The van der Waals surface area contributed by atoms with Gasteiger partial charge in [0.2, 0.25) is 5.43 Å². The van der Waals surface area contributed by atoms with Gasteiger partial charge in [0.15, 0.2) is 0 Å². The first-order valence-electron chi connectivity index (χ1n) is 13.8. The number of aryl methyl sites for hydroxylation is 1. The van der Waals surface area contributed by atoms with Crippen molar-refractivity contribution in [2.24, 2.45) is 0 Å². The topological polar surface area (TPSA) is 151 Å². The van der Waals surface area contributed by atoms with E-state index < -0.39 is 11.4 Å². The van der Waals surface area contributed by atoms with Gasteiger partial charge < -0.3 is 30.4 Å². The number of nitrogens with one attached hydrogen (secondary N) is 3. The van der Waals surface area contributed by atoms with Crippen molar-refractivity contribution in [1.29, 1.82) is 0 Å². The monoisotopic (exact) mass is 571 g/mol. The van der Waals surface area contributed by atoms with Crippen molar-refractivity contribution >= 4 is 34.5 Å². The van der Waals surface area contributed by atoms with Crippen molar-refractivity contribution in [2.45, 2.75) is 20.0 Å². The Labute approximate surface area is 242 Å². The normalized spacial score (nSPS) is 13.5. The van der Waals surface area contributed by atoms with Gasteiger partial charge in [-0.05, 0) is 42.8 Å². The molecule has 4 heterocycles. The van der Waals surface area contributed by atoms with Crippen LogP contribution in [0.1, 0.15) is 22.8 Å². The van der Waals surface area contributed by atoms with Crippen LogP contribution in [0.2, 0.25) is 0 Å². The van der Waals surface area contributed by atoms with Crippen molar-refractivity contribution in [3.63, 3.8) is 0 Å². The molecule has 12 heteroatoms. The maximum Gasteiger partial charge on any atom is 0.343 e. The molecule has 0 unspecified atom stereocenters. The molecule has 0 spiro atoms. The SMILES string of the molecule is CCn1c(NCCN2CCOCC2)c(C(=O)O)c(=O)c2ccc(-c3ccc(NC(=O)NCc4cccnc4)cc3)nc21. The predicted octanol–water partition coefficient (Wildman–Crippen LogP) is 3.24. The number of rotatable bonds is 10. The number of hydrogen-bond donors (Lipinski definition) is 4. The minimum atomic E-state index is -1.28. The predicted molar refractivity (Wildman–Crippen MR) is 160 cm³/mol. The molecule has 0 radical (unpaired) electrons. The van der Waals surface area contributed by atoms with Gasteiger partial charge in [-0.2, -0.15) is 0 Å². The lowest BCUT2D eigenvalue weighted by Gasteiger charge is -2.27. The highest BCUT2D eigenvalue weighted by atomic mass is 16.5. The molecule has 3 aromatic heterocycles. The summed E-state index contributed by atoms with van der Waals surface area (Å²) in [6, 6.07) is 13.8. The highest BCUT2D eigenvalue weighted by Gasteiger charge is 2.23. The summed E-state index contributed by atoms with van der Waals surface area (Å²) in [5.74, 6) is -1.04. The second kappa shape index (κ2) is 13.2. The number of morpholine rings is 1. The number of fused-ring (bicyclic) bond motifs is 1. The number of pyridine rings is 3. The number of carbonyl (C=O) groups excluding carboxylic acids is 1. The third kappa shape index (κ3) is 6.56. The molecule has 218 valence electrons. The number of carboxylic acids is 1. The third-order valence-electron chi connectivity index (χ3n) is 7.08. The number of anilines is 2. The number of benzene rings is 1. The number of hydrogen-bond acceptors (Lipinski definition) is 8. The molecule has 0 atom stereocenters. The Bertz CT molecular complexity index is 1620. The second-order valence-electron chi connectivity index (χ2n) is 9.80. The van der Waals surface area contributed by atoms with Crippen LogP contribution in [-0.4, -0.2) is 75.9 Å². The van der Waals surface area contributed by atoms with E-state index in [1.807, 2.05) is 31.2 Å². The van der Waals surface area contributed by atoms with Gasteiger partial charge in [0.1, 0.15) is 17.0 Å². The molecule has 4 N–H and O–H groups in total. The zero-order valence-electron chi connectivity index (χ0n) is 23.3. The Kier molecular flexibility index (Phi) is 9.05. The summed E-state index contributed by atoms with van der Waals surface area (Å²) in [5, 5.41) is 19.0. The van der Waals surface area contributed by atoms with Crippen molar-refractivity contribution in [2.75, 3.05) is 50.0 Å². The molecule has 1 aliphatic rings. The summed E-state index contributed by atoms with van der Waals surface area (Å²) in [4.78, 5) is 48.9. The van der Waals surface area contributed by atoms with E-state index in [4.69, 9.17) is 9.72 Å². The molecule has 0 aliphatic carbocycles. The average molecular weight is 572 g/mol. The minimum absolute atomic E-state index is 0.236. The number of urea groups is 1. The van der Waals surface area contributed by atoms with Crippen molar-refractivity contribution in [3.05, 3.63) is 82.3 Å². The van der Waals surface area contributed by atoms with Crippen LogP contribution >= 0.6 is 0 Å². The first-order chi connectivity index (χ1) is 20.4. The van der Waals surface area contributed by atoms with E-state index in [9.17, 15) is 19.5 Å². The van der Waals surface area contributed by atoms with Crippen LogP contribution in [0.5, 0.6) is 0 Å². The molecule has 1 fully saturated rings. The van der Waals surface area contributed by atoms with Gasteiger partial charge in [-0.25, -0.2) is 14.6 Å². The number of aromatic nitrogens is 3. The van der Waals surface area contributed by atoms with Crippen LogP contribution in [-0.2, 0) is 17.8 Å². The summed E-state index contributed by atoms with van der Waals surface area (Å²) in [7, 11) is 0. The quantitative estimate of drug-likeness (QED) is 0.225. The molecular weight excluding hydrogens is 538 g/mol. The summed E-state index contributed by atoms with van der Waals surface area (Å²) >= 11 is 0. The number of nitrogens with zero attached hydrogens (tertiary/aromatic N) is 4. The molecular formula is C30H33N7O5. The first kappa shape index (κ1) is 28.7.